The summed E-state index contributed by atoms with van der Waals surface area (Å²) in [6.45, 7) is 0. The Bertz CT molecular complexity index is 228. The maximum absolute atomic E-state index is 11.2. The number of allylic oxidation sites excluding steroid dienone is 1. The van der Waals surface area contributed by atoms with Gasteiger partial charge in [0.05, 0.1) is 6.10 Å². The molecule has 60 valence electrons. The molecule has 1 N–H and O–H groups in total. The van der Waals surface area contributed by atoms with Crippen molar-refractivity contribution < 1.29 is 9.90 Å². The molecule has 0 spiro atoms. The van der Waals surface area contributed by atoms with Gasteiger partial charge in [-0.05, 0) is 36.8 Å². The zero-order valence-corrected chi connectivity index (χ0v) is 6.47. The summed E-state index contributed by atoms with van der Waals surface area (Å²) >= 11 is 0. The quantitative estimate of drug-likeness (QED) is 0.566. The molecule has 2 aliphatic carbocycles. The van der Waals surface area contributed by atoms with E-state index >= 15 is 0 Å². The van der Waals surface area contributed by atoms with E-state index in [1.807, 2.05) is 0 Å². The molecule has 0 amide bonds. The second-order valence-electron chi connectivity index (χ2n) is 3.35. The van der Waals surface area contributed by atoms with E-state index in [9.17, 15) is 9.90 Å². The van der Waals surface area contributed by atoms with Gasteiger partial charge in [-0.15, -0.1) is 0 Å². The van der Waals surface area contributed by atoms with Crippen LogP contribution in [-0.2, 0) is 4.79 Å². The van der Waals surface area contributed by atoms with Crippen LogP contribution in [0.25, 0.3) is 0 Å². The fourth-order valence-electron chi connectivity index (χ4n) is 2.04. The first-order valence-corrected chi connectivity index (χ1v) is 4.22. The Morgan fingerprint density at radius 2 is 2.00 bits per heavy atom. The molecule has 0 aromatic carbocycles. The van der Waals surface area contributed by atoms with Crippen LogP contribution in [0.3, 0.4) is 0 Å². The molecule has 0 heterocycles. The smallest absolute Gasteiger partial charge is 0.161 e. The second-order valence-corrected chi connectivity index (χ2v) is 3.35. The summed E-state index contributed by atoms with van der Waals surface area (Å²) in [4.78, 5) is 11.2. The molecule has 0 bridgehead atoms. The standard InChI is InChI=1S/C9H12O2/c10-8-5-9(11)7-4-2-1-3-6(7)8/h8,10H,1-5H2. The average molecular weight is 152 g/mol. The number of ketones is 1. The molecular weight excluding hydrogens is 140 g/mol. The number of hydrogen-bond donors (Lipinski definition) is 1. The van der Waals surface area contributed by atoms with Crippen LogP contribution in [0.1, 0.15) is 32.1 Å². The Morgan fingerprint density at radius 3 is 2.73 bits per heavy atom. The first kappa shape index (κ1) is 7.04. The third-order valence-electron chi connectivity index (χ3n) is 2.63. The summed E-state index contributed by atoms with van der Waals surface area (Å²) in [5, 5.41) is 9.42. The molecule has 11 heavy (non-hydrogen) atoms. The molecule has 0 aromatic heterocycles. The highest BCUT2D eigenvalue weighted by Crippen LogP contribution is 2.34. The van der Waals surface area contributed by atoms with E-state index in [0.717, 1.165) is 36.8 Å². The Morgan fingerprint density at radius 1 is 1.27 bits per heavy atom. The lowest BCUT2D eigenvalue weighted by Gasteiger charge is -2.14. The first-order valence-electron chi connectivity index (χ1n) is 4.22. The average Bonchev–Trinajstić information content (AvgIpc) is 2.30. The fraction of sp³-hybridized carbons (Fsp3) is 0.667. The van der Waals surface area contributed by atoms with Crippen molar-refractivity contribution in [3.8, 4) is 0 Å². The highest BCUT2D eigenvalue weighted by molar-refractivity contribution is 5.99. The fourth-order valence-corrected chi connectivity index (χ4v) is 2.04. The van der Waals surface area contributed by atoms with Gasteiger partial charge in [-0.3, -0.25) is 4.79 Å². The lowest BCUT2D eigenvalue weighted by molar-refractivity contribution is -0.115. The highest BCUT2D eigenvalue weighted by Gasteiger charge is 2.31. The van der Waals surface area contributed by atoms with Crippen molar-refractivity contribution in [2.45, 2.75) is 38.2 Å². The summed E-state index contributed by atoms with van der Waals surface area (Å²) in [7, 11) is 0. The van der Waals surface area contributed by atoms with Gasteiger partial charge in [0.2, 0.25) is 0 Å². The number of aliphatic hydroxyl groups is 1. The van der Waals surface area contributed by atoms with Crippen LogP contribution in [0.4, 0.5) is 0 Å². The second kappa shape index (κ2) is 2.45. The molecule has 1 atom stereocenters. The topological polar surface area (TPSA) is 37.3 Å². The third-order valence-corrected chi connectivity index (χ3v) is 2.63. The number of rotatable bonds is 0. The van der Waals surface area contributed by atoms with E-state index < -0.39 is 6.10 Å². The van der Waals surface area contributed by atoms with Crippen LogP contribution in [0.15, 0.2) is 11.1 Å². The molecule has 2 nitrogen and oxygen atoms in total. The summed E-state index contributed by atoms with van der Waals surface area (Å²) < 4.78 is 0. The molecule has 0 saturated carbocycles. The molecule has 2 rings (SSSR count). The van der Waals surface area contributed by atoms with E-state index in [2.05, 4.69) is 0 Å². The number of Topliss-reactive ketones (excluding diaryl/α,β-unsaturated/α-hetero) is 1. The predicted octanol–water partition coefficient (Wildman–Crippen LogP) is 1.19. The van der Waals surface area contributed by atoms with E-state index in [1.165, 1.54) is 0 Å². The highest BCUT2D eigenvalue weighted by atomic mass is 16.3. The first-order chi connectivity index (χ1) is 5.29. The summed E-state index contributed by atoms with van der Waals surface area (Å²) in [6.07, 6.45) is 4.04. The van der Waals surface area contributed by atoms with Gasteiger partial charge < -0.3 is 5.11 Å². The van der Waals surface area contributed by atoms with Crippen LogP contribution < -0.4 is 0 Å². The van der Waals surface area contributed by atoms with Crippen LogP contribution in [0, 0.1) is 0 Å². The minimum atomic E-state index is -0.433. The van der Waals surface area contributed by atoms with Crippen molar-refractivity contribution in [1.82, 2.24) is 0 Å². The van der Waals surface area contributed by atoms with Gasteiger partial charge in [-0.1, -0.05) is 0 Å². The molecule has 0 radical (unpaired) electrons. The van der Waals surface area contributed by atoms with Gasteiger partial charge in [0.25, 0.3) is 0 Å². The van der Waals surface area contributed by atoms with Crippen molar-refractivity contribution in [1.29, 1.82) is 0 Å². The van der Waals surface area contributed by atoms with Crippen LogP contribution in [0.2, 0.25) is 0 Å². The van der Waals surface area contributed by atoms with E-state index in [4.69, 9.17) is 0 Å². The summed E-state index contributed by atoms with van der Waals surface area (Å²) in [5.74, 6) is 0.187. The summed E-state index contributed by atoms with van der Waals surface area (Å²) in [6, 6.07) is 0. The Kier molecular flexibility index (Phi) is 1.57. The number of carbonyl (C=O) groups excluding carboxylic acids is 1. The van der Waals surface area contributed by atoms with Gasteiger partial charge >= 0.3 is 0 Å². The molecule has 2 heteroatoms. The number of hydrogen-bond acceptors (Lipinski definition) is 2. The molecule has 2 aliphatic rings. The van der Waals surface area contributed by atoms with E-state index in [-0.39, 0.29) is 5.78 Å². The Hall–Kier alpha value is -0.630. The third kappa shape index (κ3) is 1.02. The maximum atomic E-state index is 11.2. The number of aliphatic hydroxyl groups excluding tert-OH is 1. The van der Waals surface area contributed by atoms with Gasteiger partial charge in [0.1, 0.15) is 0 Å². The van der Waals surface area contributed by atoms with Crippen molar-refractivity contribution in [2.75, 3.05) is 0 Å². The van der Waals surface area contributed by atoms with Crippen molar-refractivity contribution in [3.63, 3.8) is 0 Å². The molecule has 0 fully saturated rings. The van der Waals surface area contributed by atoms with Gasteiger partial charge in [0, 0.05) is 6.42 Å². The monoisotopic (exact) mass is 152 g/mol. The minimum absolute atomic E-state index is 0.187. The van der Waals surface area contributed by atoms with E-state index in [1.54, 1.807) is 0 Å². The molecule has 0 aromatic rings. The molecule has 0 saturated heterocycles. The Labute approximate surface area is 65.9 Å². The van der Waals surface area contributed by atoms with Crippen LogP contribution in [-0.4, -0.2) is 17.0 Å². The zero-order chi connectivity index (χ0) is 7.84. The predicted molar refractivity (Wildman–Crippen MR) is 41.1 cm³/mol. The molecular formula is C9H12O2. The normalized spacial score (nSPS) is 31.0. The van der Waals surface area contributed by atoms with Crippen molar-refractivity contribution >= 4 is 5.78 Å². The van der Waals surface area contributed by atoms with Crippen LogP contribution in [0.5, 0.6) is 0 Å². The van der Waals surface area contributed by atoms with E-state index in [0.29, 0.717) is 6.42 Å². The minimum Gasteiger partial charge on any atom is -0.388 e. The lowest BCUT2D eigenvalue weighted by atomic mass is 9.93. The van der Waals surface area contributed by atoms with Gasteiger partial charge in [-0.2, -0.15) is 0 Å². The SMILES string of the molecule is O=C1CC(O)C2=C1CCCC2. The van der Waals surface area contributed by atoms with Crippen molar-refractivity contribution in [2.24, 2.45) is 0 Å². The van der Waals surface area contributed by atoms with Crippen molar-refractivity contribution in [3.05, 3.63) is 11.1 Å². The molecule has 1 unspecified atom stereocenters. The zero-order valence-electron chi connectivity index (χ0n) is 6.47. The van der Waals surface area contributed by atoms with Gasteiger partial charge in [0.15, 0.2) is 5.78 Å². The lowest BCUT2D eigenvalue weighted by Crippen LogP contribution is -2.06. The van der Waals surface area contributed by atoms with Crippen LogP contribution >= 0.6 is 0 Å². The maximum Gasteiger partial charge on any atom is 0.161 e. The van der Waals surface area contributed by atoms with Gasteiger partial charge in [-0.25, -0.2) is 0 Å². The summed E-state index contributed by atoms with van der Waals surface area (Å²) in [5.41, 5.74) is 1.99. The Balaban J connectivity index is 2.32. The number of carbonyl (C=O) groups is 1. The molecule has 0 aliphatic heterocycles. The largest absolute Gasteiger partial charge is 0.388 e.